The lowest BCUT2D eigenvalue weighted by atomic mass is 9.83. The Balaban J connectivity index is 3.92. The molecule has 0 aliphatic rings. The first-order chi connectivity index (χ1) is 17.0. The fourth-order valence-corrected chi connectivity index (χ4v) is 10.0. The van der Waals surface area contributed by atoms with Gasteiger partial charge in [-0.1, -0.05) is 78.0 Å². The van der Waals surface area contributed by atoms with Crippen LogP contribution in [-0.4, -0.2) is 33.5 Å². The van der Waals surface area contributed by atoms with Crippen molar-refractivity contribution in [1.82, 2.24) is 0 Å². The van der Waals surface area contributed by atoms with Crippen molar-refractivity contribution in [2.24, 2.45) is 5.41 Å². The number of carbonyl (C=O) groups is 2. The molecule has 0 aromatic heterocycles. The first kappa shape index (κ1) is 31.2. The molecule has 0 spiro atoms. The largest absolute Gasteiger partial charge is 0.543 e. The van der Waals surface area contributed by atoms with E-state index in [1.54, 1.807) is 26.8 Å². The van der Waals surface area contributed by atoms with Gasteiger partial charge in [-0.2, -0.15) is 0 Å². The van der Waals surface area contributed by atoms with Crippen molar-refractivity contribution in [3.63, 3.8) is 0 Å². The third-order valence-electron chi connectivity index (χ3n) is 6.45. The van der Waals surface area contributed by atoms with Gasteiger partial charge in [-0.05, 0) is 55.1 Å². The van der Waals surface area contributed by atoms with E-state index in [4.69, 9.17) is 13.9 Å². The van der Waals surface area contributed by atoms with Crippen LogP contribution in [0.2, 0.25) is 16.6 Å². The summed E-state index contributed by atoms with van der Waals surface area (Å²) in [5, 5.41) is 0. The average Bonchev–Trinajstić information content (AvgIpc) is 2.83. The van der Waals surface area contributed by atoms with E-state index in [0.717, 1.165) is 5.56 Å². The number of ether oxygens (including phenoxy) is 2. The molecule has 0 N–H and O–H groups in total. The second-order valence-corrected chi connectivity index (χ2v) is 15.1. The van der Waals surface area contributed by atoms with E-state index in [1.807, 2.05) is 42.5 Å². The van der Waals surface area contributed by atoms with E-state index in [1.165, 1.54) is 0 Å². The standard InChI is InChI=1S/C30H44O5Si/c1-10-13-21-30(28(31)33-11-2,29(32)34-12-3)22-27(20-19-26-17-15-14-16-18-26)35-36(23(4)5,24(6)7)25(8)9/h14-20,22-25H,11-12,21H2,1-9H3/b20-19+,27-22-. The van der Waals surface area contributed by atoms with E-state index < -0.39 is 25.7 Å². The van der Waals surface area contributed by atoms with Gasteiger partial charge < -0.3 is 13.9 Å². The number of hydrogen-bond acceptors (Lipinski definition) is 5. The van der Waals surface area contributed by atoms with Crippen LogP contribution in [0.5, 0.6) is 0 Å². The summed E-state index contributed by atoms with van der Waals surface area (Å²) in [4.78, 5) is 26.7. The van der Waals surface area contributed by atoms with Gasteiger partial charge in [0.2, 0.25) is 0 Å². The van der Waals surface area contributed by atoms with Crippen molar-refractivity contribution in [3.05, 3.63) is 53.8 Å². The quantitative estimate of drug-likeness (QED) is 0.0693. The average molecular weight is 513 g/mol. The first-order valence-electron chi connectivity index (χ1n) is 12.9. The molecule has 0 bridgehead atoms. The summed E-state index contributed by atoms with van der Waals surface area (Å²) in [6, 6.07) is 9.83. The van der Waals surface area contributed by atoms with Crippen molar-refractivity contribution in [3.8, 4) is 11.8 Å². The van der Waals surface area contributed by atoms with E-state index in [0.29, 0.717) is 22.4 Å². The van der Waals surface area contributed by atoms with Gasteiger partial charge in [0.25, 0.3) is 8.32 Å². The van der Waals surface area contributed by atoms with E-state index in [9.17, 15) is 9.59 Å². The van der Waals surface area contributed by atoms with Crippen molar-refractivity contribution in [2.45, 2.75) is 85.4 Å². The molecule has 0 saturated carbocycles. The lowest BCUT2D eigenvalue weighted by molar-refractivity contribution is -0.167. The number of allylic oxidation sites excluding steroid dienone is 1. The highest BCUT2D eigenvalue weighted by Gasteiger charge is 2.50. The molecule has 0 unspecified atom stereocenters. The highest BCUT2D eigenvalue weighted by molar-refractivity contribution is 6.77. The van der Waals surface area contributed by atoms with E-state index in [2.05, 4.69) is 53.4 Å². The Kier molecular flexibility index (Phi) is 12.8. The Bertz CT molecular complexity index is 924. The minimum atomic E-state index is -2.43. The number of rotatable bonds is 13. The van der Waals surface area contributed by atoms with Gasteiger partial charge in [0, 0.05) is 6.42 Å². The molecule has 0 aliphatic heterocycles. The van der Waals surface area contributed by atoms with Gasteiger partial charge in [-0.15, -0.1) is 11.8 Å². The number of hydrogen-bond donors (Lipinski definition) is 0. The fourth-order valence-electron chi connectivity index (χ4n) is 4.80. The first-order valence-corrected chi connectivity index (χ1v) is 15.0. The summed E-state index contributed by atoms with van der Waals surface area (Å²) in [6.07, 6.45) is 5.30. The summed E-state index contributed by atoms with van der Waals surface area (Å²) < 4.78 is 17.8. The van der Waals surface area contributed by atoms with Crippen LogP contribution < -0.4 is 0 Å². The number of esters is 2. The monoisotopic (exact) mass is 512 g/mol. The maximum absolute atomic E-state index is 13.4. The number of benzene rings is 1. The minimum absolute atomic E-state index is 0.0627. The van der Waals surface area contributed by atoms with Crippen LogP contribution in [0.25, 0.3) is 6.08 Å². The highest BCUT2D eigenvalue weighted by Crippen LogP contribution is 2.44. The molecular weight excluding hydrogens is 468 g/mol. The maximum atomic E-state index is 13.4. The smallest absolute Gasteiger partial charge is 0.328 e. The van der Waals surface area contributed by atoms with Crippen LogP contribution in [0, 0.1) is 17.3 Å². The normalized spacial score (nSPS) is 12.6. The van der Waals surface area contributed by atoms with Gasteiger partial charge in [0.1, 0.15) is 5.76 Å². The Morgan fingerprint density at radius 3 is 1.83 bits per heavy atom. The van der Waals surface area contributed by atoms with Crippen LogP contribution in [-0.2, 0) is 23.5 Å². The lowest BCUT2D eigenvalue weighted by Crippen LogP contribution is -2.48. The zero-order valence-electron chi connectivity index (χ0n) is 23.5. The Labute approximate surface area is 219 Å². The van der Waals surface area contributed by atoms with Gasteiger partial charge in [0.15, 0.2) is 5.41 Å². The van der Waals surface area contributed by atoms with Crippen LogP contribution in [0.15, 0.2) is 48.2 Å². The molecule has 1 aromatic rings. The van der Waals surface area contributed by atoms with Crippen LogP contribution in [0.1, 0.15) is 74.3 Å². The molecule has 1 rings (SSSR count). The van der Waals surface area contributed by atoms with Crippen molar-refractivity contribution >= 4 is 26.3 Å². The molecule has 0 atom stereocenters. The molecule has 0 aliphatic carbocycles. The van der Waals surface area contributed by atoms with Crippen molar-refractivity contribution in [1.29, 1.82) is 0 Å². The zero-order valence-corrected chi connectivity index (χ0v) is 24.5. The zero-order chi connectivity index (χ0) is 27.4. The number of carbonyl (C=O) groups excluding carboxylic acids is 2. The third kappa shape index (κ3) is 7.61. The van der Waals surface area contributed by atoms with Crippen LogP contribution in [0.3, 0.4) is 0 Å². The topological polar surface area (TPSA) is 61.8 Å². The summed E-state index contributed by atoms with van der Waals surface area (Å²) in [5.74, 6) is 4.80. The van der Waals surface area contributed by atoms with Gasteiger partial charge in [-0.25, -0.2) is 0 Å². The van der Waals surface area contributed by atoms with Crippen molar-refractivity contribution in [2.75, 3.05) is 13.2 Å². The molecule has 0 radical (unpaired) electrons. The summed E-state index contributed by atoms with van der Waals surface area (Å²) in [7, 11) is -2.43. The lowest BCUT2D eigenvalue weighted by Gasteiger charge is -2.43. The predicted molar refractivity (Wildman–Crippen MR) is 149 cm³/mol. The second kappa shape index (κ2) is 14.7. The molecule has 0 amide bonds. The van der Waals surface area contributed by atoms with E-state index >= 15 is 0 Å². The highest BCUT2D eigenvalue weighted by atomic mass is 28.4. The van der Waals surface area contributed by atoms with Gasteiger partial charge in [-0.3, -0.25) is 9.59 Å². The third-order valence-corrected chi connectivity index (χ3v) is 12.5. The molecule has 0 saturated heterocycles. The summed E-state index contributed by atoms with van der Waals surface area (Å²) in [5.41, 5.74) is 0.114. The molecule has 0 heterocycles. The Morgan fingerprint density at radius 1 is 0.917 bits per heavy atom. The van der Waals surface area contributed by atoms with Crippen LogP contribution >= 0.6 is 0 Å². The SMILES string of the molecule is CC#CCC(/C=C(/C=C/c1ccccc1)O[Si](C(C)C)(C(C)C)C(C)C)(C(=O)OCC)C(=O)OCC. The summed E-state index contributed by atoms with van der Waals surface area (Å²) in [6.45, 7) is 18.5. The minimum Gasteiger partial charge on any atom is -0.543 e. The van der Waals surface area contributed by atoms with Crippen LogP contribution in [0.4, 0.5) is 0 Å². The Hall–Kier alpha value is -2.78. The fraction of sp³-hybridized carbons (Fsp3) is 0.533. The molecule has 6 heteroatoms. The molecule has 0 fully saturated rings. The van der Waals surface area contributed by atoms with Crippen molar-refractivity contribution < 1.29 is 23.5 Å². The second-order valence-electron chi connectivity index (χ2n) is 9.73. The molecule has 1 aromatic carbocycles. The Morgan fingerprint density at radius 2 is 1.42 bits per heavy atom. The molecular formula is C30H44O5Si. The maximum Gasteiger partial charge on any atom is 0.328 e. The molecule has 5 nitrogen and oxygen atoms in total. The van der Waals surface area contributed by atoms with Gasteiger partial charge in [0.05, 0.1) is 13.2 Å². The summed E-state index contributed by atoms with van der Waals surface area (Å²) >= 11 is 0. The molecule has 36 heavy (non-hydrogen) atoms. The van der Waals surface area contributed by atoms with E-state index in [-0.39, 0.29) is 19.6 Å². The predicted octanol–water partition coefficient (Wildman–Crippen LogP) is 7.30. The molecule has 198 valence electrons. The van der Waals surface area contributed by atoms with Gasteiger partial charge >= 0.3 is 11.9 Å².